The van der Waals surface area contributed by atoms with Crippen LogP contribution in [0.1, 0.15) is 48.7 Å². The van der Waals surface area contributed by atoms with Gasteiger partial charge in [0.2, 0.25) is 0 Å². The Kier molecular flexibility index (Phi) is 8.55. The number of carbonyl (C=O) groups excluding carboxylic acids is 1. The van der Waals surface area contributed by atoms with Gasteiger partial charge in [0.05, 0.1) is 20.4 Å². The van der Waals surface area contributed by atoms with E-state index in [4.69, 9.17) is 9.47 Å². The molecule has 6 nitrogen and oxygen atoms in total. The van der Waals surface area contributed by atoms with E-state index in [2.05, 4.69) is 40.0 Å². The van der Waals surface area contributed by atoms with Gasteiger partial charge in [0, 0.05) is 11.6 Å². The zero-order valence-electron chi connectivity index (χ0n) is 23.5. The number of nitrogens with zero attached hydrogens (tertiary/aromatic N) is 3. The summed E-state index contributed by atoms with van der Waals surface area (Å²) in [6.45, 7) is 6.26. The van der Waals surface area contributed by atoms with Gasteiger partial charge in [-0.3, -0.25) is 9.69 Å². The second-order valence-corrected chi connectivity index (χ2v) is 12.2. The molecule has 7 rings (SSSR count). The van der Waals surface area contributed by atoms with Crippen LogP contribution < -0.4 is 9.47 Å². The number of ketones is 1. The summed E-state index contributed by atoms with van der Waals surface area (Å²) in [5, 5.41) is 1.31. The lowest BCUT2D eigenvalue weighted by atomic mass is 10.1. The maximum atomic E-state index is 11.2. The number of para-hydroxylation sites is 2. The van der Waals surface area contributed by atoms with E-state index in [1.165, 1.54) is 42.8 Å². The van der Waals surface area contributed by atoms with E-state index in [9.17, 15) is 4.79 Å². The molecule has 0 radical (unpaired) electrons. The van der Waals surface area contributed by atoms with Crippen LogP contribution >= 0.6 is 22.7 Å². The highest BCUT2D eigenvalue weighted by molar-refractivity contribution is 7.20. The van der Waals surface area contributed by atoms with E-state index < -0.39 is 0 Å². The van der Waals surface area contributed by atoms with Crippen molar-refractivity contribution in [1.29, 1.82) is 0 Å². The topological polar surface area (TPSA) is 64.5 Å². The van der Waals surface area contributed by atoms with Crippen LogP contribution in [0.2, 0.25) is 0 Å². The van der Waals surface area contributed by atoms with Gasteiger partial charge in [-0.1, -0.05) is 59.1 Å². The Morgan fingerprint density at radius 1 is 0.714 bits per heavy atom. The summed E-state index contributed by atoms with van der Waals surface area (Å²) in [6, 6.07) is 32.0. The zero-order chi connectivity index (χ0) is 28.9. The molecular weight excluding hydrogens is 563 g/mol. The van der Waals surface area contributed by atoms with Gasteiger partial charge in [0.25, 0.3) is 10.4 Å². The molecule has 3 heterocycles. The Morgan fingerprint density at radius 2 is 1.19 bits per heavy atom. The molecule has 42 heavy (non-hydrogen) atoms. The van der Waals surface area contributed by atoms with Gasteiger partial charge in [-0.05, 0) is 106 Å². The van der Waals surface area contributed by atoms with Crippen LogP contribution in [-0.4, -0.2) is 33.7 Å². The van der Waals surface area contributed by atoms with E-state index >= 15 is 0 Å². The highest BCUT2D eigenvalue weighted by atomic mass is 32.1. The Labute approximate surface area is 253 Å². The van der Waals surface area contributed by atoms with Crippen LogP contribution in [0.15, 0.2) is 97.1 Å². The van der Waals surface area contributed by atoms with Gasteiger partial charge >= 0.3 is 0 Å². The third-order valence-electron chi connectivity index (χ3n) is 7.27. The second-order valence-electron chi connectivity index (χ2n) is 10.2. The van der Waals surface area contributed by atoms with Crippen LogP contribution in [0.5, 0.6) is 21.9 Å². The summed E-state index contributed by atoms with van der Waals surface area (Å²) in [5.41, 5.74) is 3.95. The maximum Gasteiger partial charge on any atom is 0.279 e. The largest absolute Gasteiger partial charge is 0.431 e. The molecule has 8 heteroatoms. The molecule has 1 aliphatic rings. The molecule has 2 aromatic heterocycles. The Hall–Kier alpha value is -4.11. The molecule has 1 unspecified atom stereocenters. The third-order valence-corrected chi connectivity index (χ3v) is 9.10. The van der Waals surface area contributed by atoms with Gasteiger partial charge in [-0.2, -0.15) is 0 Å². The minimum atomic E-state index is 0.0477. The lowest BCUT2D eigenvalue weighted by molar-refractivity contribution is 0.101. The van der Waals surface area contributed by atoms with Crippen LogP contribution in [0.25, 0.3) is 20.4 Å². The van der Waals surface area contributed by atoms with Crippen molar-refractivity contribution in [3.05, 3.63) is 108 Å². The van der Waals surface area contributed by atoms with Crippen molar-refractivity contribution in [3.63, 3.8) is 0 Å². The van der Waals surface area contributed by atoms with E-state index in [0.29, 0.717) is 27.7 Å². The van der Waals surface area contributed by atoms with Crippen molar-refractivity contribution in [2.24, 2.45) is 0 Å². The fourth-order valence-electron chi connectivity index (χ4n) is 4.90. The molecule has 0 spiro atoms. The smallest absolute Gasteiger partial charge is 0.279 e. The quantitative estimate of drug-likeness (QED) is 0.172. The number of carbonyl (C=O) groups is 1. The number of aromatic nitrogens is 2. The first-order chi connectivity index (χ1) is 20.5. The summed E-state index contributed by atoms with van der Waals surface area (Å²) in [6.07, 6.45) is 2.65. The normalized spacial score (nSPS) is 14.0. The van der Waals surface area contributed by atoms with Gasteiger partial charge < -0.3 is 9.47 Å². The Bertz CT molecular complexity index is 1720. The fraction of sp³-hybridized carbons (Fsp3) is 0.206. The first-order valence-corrected chi connectivity index (χ1v) is 15.7. The molecule has 0 amide bonds. The number of hydrogen-bond donors (Lipinski definition) is 0. The lowest BCUT2D eigenvalue weighted by Gasteiger charge is -2.24. The number of rotatable bonds is 7. The SMILES string of the molecule is CC(=O)c1ccc(Oc2nc3ccccc3s2)cc1.CC(c1ccc(Oc2nc3ccccc3s2)cc1)N1CCCC1. The van der Waals surface area contributed by atoms with E-state index in [1.54, 1.807) is 42.5 Å². The summed E-state index contributed by atoms with van der Waals surface area (Å²) in [4.78, 5) is 22.6. The van der Waals surface area contributed by atoms with Crippen molar-refractivity contribution in [1.82, 2.24) is 14.9 Å². The van der Waals surface area contributed by atoms with Crippen molar-refractivity contribution in [3.8, 4) is 21.9 Å². The maximum absolute atomic E-state index is 11.2. The molecule has 6 aromatic rings. The average Bonchev–Trinajstić information content (AvgIpc) is 3.77. The van der Waals surface area contributed by atoms with E-state index in [-0.39, 0.29) is 5.78 Å². The predicted molar refractivity (Wildman–Crippen MR) is 171 cm³/mol. The number of likely N-dealkylation sites (tertiary alicyclic amines) is 1. The van der Waals surface area contributed by atoms with Crippen LogP contribution in [0.4, 0.5) is 0 Å². The minimum absolute atomic E-state index is 0.0477. The van der Waals surface area contributed by atoms with Crippen molar-refractivity contribution < 1.29 is 14.3 Å². The average molecular weight is 594 g/mol. The molecule has 0 N–H and O–H groups in total. The Balaban J connectivity index is 0.000000153. The molecule has 1 aliphatic heterocycles. The van der Waals surface area contributed by atoms with Crippen molar-refractivity contribution >= 4 is 48.9 Å². The third kappa shape index (κ3) is 6.68. The zero-order valence-corrected chi connectivity index (χ0v) is 25.2. The molecule has 0 aliphatic carbocycles. The first-order valence-electron chi connectivity index (χ1n) is 14.0. The van der Waals surface area contributed by atoms with E-state index in [1.807, 2.05) is 54.6 Å². The summed E-state index contributed by atoms with van der Waals surface area (Å²) >= 11 is 3.08. The molecule has 1 saturated heterocycles. The molecule has 1 fully saturated rings. The number of benzene rings is 4. The van der Waals surface area contributed by atoms with E-state index in [0.717, 1.165) is 26.2 Å². The number of thiazole rings is 2. The van der Waals surface area contributed by atoms with Gasteiger partial charge in [0.15, 0.2) is 5.78 Å². The summed E-state index contributed by atoms with van der Waals surface area (Å²) < 4.78 is 13.9. The standard InChI is InChI=1S/C19H20N2OS.C15H11NO2S/c1-14(21-12-4-5-13-21)15-8-10-16(11-9-15)22-19-20-17-6-2-3-7-18(17)23-19;1-10(17)11-6-8-12(9-7-11)18-15-16-13-4-2-3-5-14(13)19-15/h2-3,6-11,14H,4-5,12-13H2,1H3;2-9H,1H3. The highest BCUT2D eigenvalue weighted by Gasteiger charge is 2.19. The molecule has 0 saturated carbocycles. The number of hydrogen-bond acceptors (Lipinski definition) is 8. The minimum Gasteiger partial charge on any atom is -0.431 e. The Morgan fingerprint density at radius 3 is 1.67 bits per heavy atom. The molecule has 0 bridgehead atoms. The van der Waals surface area contributed by atoms with Gasteiger partial charge in [-0.25, -0.2) is 9.97 Å². The van der Waals surface area contributed by atoms with Gasteiger partial charge in [-0.15, -0.1) is 0 Å². The number of Topliss-reactive ketones (excluding diaryl/α,β-unsaturated/α-hetero) is 1. The molecular formula is C34H31N3O3S2. The fourth-order valence-corrected chi connectivity index (χ4v) is 6.57. The van der Waals surface area contributed by atoms with Crippen molar-refractivity contribution in [2.45, 2.75) is 32.7 Å². The molecule has 4 aromatic carbocycles. The van der Waals surface area contributed by atoms with Crippen LogP contribution in [0.3, 0.4) is 0 Å². The van der Waals surface area contributed by atoms with Crippen LogP contribution in [0, 0.1) is 0 Å². The summed E-state index contributed by atoms with van der Waals surface area (Å²) in [5.74, 6) is 1.58. The lowest BCUT2D eigenvalue weighted by Crippen LogP contribution is -2.23. The number of fused-ring (bicyclic) bond motifs is 2. The summed E-state index contributed by atoms with van der Waals surface area (Å²) in [7, 11) is 0. The van der Waals surface area contributed by atoms with Crippen LogP contribution in [-0.2, 0) is 0 Å². The second kappa shape index (κ2) is 12.8. The highest BCUT2D eigenvalue weighted by Crippen LogP contribution is 2.33. The van der Waals surface area contributed by atoms with Gasteiger partial charge in [0.1, 0.15) is 11.5 Å². The van der Waals surface area contributed by atoms with Crippen molar-refractivity contribution in [2.75, 3.05) is 13.1 Å². The number of ether oxygens (including phenoxy) is 2. The predicted octanol–water partition coefficient (Wildman–Crippen LogP) is 9.54. The molecule has 1 atom stereocenters. The monoisotopic (exact) mass is 593 g/mol. The molecule has 212 valence electrons. The first kappa shape index (κ1) is 28.0.